The van der Waals surface area contributed by atoms with Gasteiger partial charge in [0.1, 0.15) is 0 Å². The Morgan fingerprint density at radius 3 is 2.46 bits per heavy atom. The molecule has 3 aliphatic rings. The number of ether oxygens (including phenoxy) is 2. The highest BCUT2D eigenvalue weighted by atomic mass is 32.2. The fraction of sp³-hybridized carbons (Fsp3) is 0.647. The van der Waals surface area contributed by atoms with Crippen LogP contribution in [0.1, 0.15) is 6.42 Å². The van der Waals surface area contributed by atoms with Gasteiger partial charge in [-0.3, -0.25) is 0 Å². The second kappa shape index (κ2) is 5.89. The first-order valence-corrected chi connectivity index (χ1v) is 9.95. The van der Waals surface area contributed by atoms with Crippen LogP contribution < -0.4 is 9.47 Å². The van der Waals surface area contributed by atoms with Crippen LogP contribution in [0.2, 0.25) is 0 Å². The standard InChI is InChI=1S/C17H24N2O4S/c1-18(2)9-13-14-10-19(11-15(13)14)24(20,21)12-4-5-16-17(8-12)23-7-3-6-22-16/h4-5,8,13-15H,3,6-7,9-11H2,1-2H3/t13?,14-,15+. The van der Waals surface area contributed by atoms with Crippen LogP contribution in [0, 0.1) is 17.8 Å². The Morgan fingerprint density at radius 2 is 1.79 bits per heavy atom. The topological polar surface area (TPSA) is 59.1 Å². The third-order valence-electron chi connectivity index (χ3n) is 5.27. The summed E-state index contributed by atoms with van der Waals surface area (Å²) in [5, 5.41) is 0. The second-order valence-corrected chi connectivity index (χ2v) is 9.17. The maximum atomic E-state index is 12.9. The minimum absolute atomic E-state index is 0.303. The van der Waals surface area contributed by atoms with Crippen LogP contribution in [0.4, 0.5) is 0 Å². The number of rotatable bonds is 4. The average Bonchev–Trinajstić information content (AvgIpc) is 3.04. The zero-order valence-electron chi connectivity index (χ0n) is 14.1. The summed E-state index contributed by atoms with van der Waals surface area (Å²) in [6, 6.07) is 4.94. The number of hydrogen-bond acceptors (Lipinski definition) is 5. The van der Waals surface area contributed by atoms with Crippen molar-refractivity contribution in [1.29, 1.82) is 0 Å². The highest BCUT2D eigenvalue weighted by Gasteiger charge is 2.57. The number of fused-ring (bicyclic) bond motifs is 2. The Hall–Kier alpha value is -1.31. The molecule has 1 aromatic rings. The molecule has 2 aliphatic heterocycles. The van der Waals surface area contributed by atoms with Gasteiger partial charge in [0.25, 0.3) is 0 Å². The molecule has 1 unspecified atom stereocenters. The van der Waals surface area contributed by atoms with Gasteiger partial charge >= 0.3 is 0 Å². The molecule has 2 heterocycles. The van der Waals surface area contributed by atoms with Gasteiger partial charge in [-0.25, -0.2) is 8.42 Å². The monoisotopic (exact) mass is 352 g/mol. The van der Waals surface area contributed by atoms with E-state index in [-0.39, 0.29) is 0 Å². The highest BCUT2D eigenvalue weighted by Crippen LogP contribution is 2.53. The SMILES string of the molecule is CN(C)CC1[C@H]2CN(S(=O)(=O)c3ccc4c(c3)OCCCO4)C[C@@H]12. The van der Waals surface area contributed by atoms with E-state index in [0.717, 1.165) is 13.0 Å². The Balaban J connectivity index is 1.50. The minimum atomic E-state index is -3.45. The molecule has 0 bridgehead atoms. The van der Waals surface area contributed by atoms with Gasteiger partial charge in [-0.05, 0) is 44.0 Å². The van der Waals surface area contributed by atoms with E-state index >= 15 is 0 Å². The molecule has 132 valence electrons. The van der Waals surface area contributed by atoms with Crippen molar-refractivity contribution in [2.24, 2.45) is 17.8 Å². The number of nitrogens with zero attached hydrogens (tertiary/aromatic N) is 2. The molecule has 7 heteroatoms. The van der Waals surface area contributed by atoms with Gasteiger partial charge in [-0.15, -0.1) is 0 Å². The molecule has 0 aromatic heterocycles. The largest absolute Gasteiger partial charge is 0.490 e. The first-order valence-electron chi connectivity index (χ1n) is 8.51. The predicted molar refractivity (Wildman–Crippen MR) is 89.8 cm³/mol. The van der Waals surface area contributed by atoms with Gasteiger partial charge in [0, 0.05) is 32.1 Å². The molecule has 2 fully saturated rings. The summed E-state index contributed by atoms with van der Waals surface area (Å²) >= 11 is 0. The molecule has 1 aromatic carbocycles. The zero-order valence-corrected chi connectivity index (χ0v) is 15.0. The van der Waals surface area contributed by atoms with Crippen LogP contribution in [0.5, 0.6) is 11.5 Å². The van der Waals surface area contributed by atoms with Crippen LogP contribution in [0.25, 0.3) is 0 Å². The van der Waals surface area contributed by atoms with E-state index in [9.17, 15) is 8.42 Å². The second-order valence-electron chi connectivity index (χ2n) is 7.23. The van der Waals surface area contributed by atoms with Crippen molar-refractivity contribution in [2.75, 3.05) is 46.9 Å². The molecule has 1 saturated carbocycles. The van der Waals surface area contributed by atoms with Gasteiger partial charge in [0.15, 0.2) is 11.5 Å². The van der Waals surface area contributed by atoms with Gasteiger partial charge in [-0.2, -0.15) is 4.31 Å². The van der Waals surface area contributed by atoms with E-state index in [1.165, 1.54) is 0 Å². The summed E-state index contributed by atoms with van der Waals surface area (Å²) in [5.74, 6) is 2.84. The lowest BCUT2D eigenvalue weighted by molar-refractivity contribution is 0.296. The predicted octanol–water partition coefficient (Wildman–Crippen LogP) is 1.28. The van der Waals surface area contributed by atoms with E-state index in [2.05, 4.69) is 19.0 Å². The van der Waals surface area contributed by atoms with Gasteiger partial charge in [0.05, 0.1) is 18.1 Å². The number of hydrogen-bond donors (Lipinski definition) is 0. The number of piperidine rings is 1. The smallest absolute Gasteiger partial charge is 0.243 e. The zero-order chi connectivity index (χ0) is 16.9. The third kappa shape index (κ3) is 2.78. The Kier molecular flexibility index (Phi) is 3.97. The van der Waals surface area contributed by atoms with E-state index in [4.69, 9.17) is 9.47 Å². The highest BCUT2D eigenvalue weighted by molar-refractivity contribution is 7.89. The molecule has 1 aliphatic carbocycles. The van der Waals surface area contributed by atoms with E-state index in [1.54, 1.807) is 22.5 Å². The lowest BCUT2D eigenvalue weighted by atomic mass is 10.3. The van der Waals surface area contributed by atoms with Gasteiger partial charge in [-0.1, -0.05) is 0 Å². The molecule has 6 nitrogen and oxygen atoms in total. The molecule has 4 rings (SSSR count). The number of benzene rings is 1. The molecule has 0 amide bonds. The number of sulfonamides is 1. The molecule has 3 atom stereocenters. The molecular weight excluding hydrogens is 328 g/mol. The molecule has 0 radical (unpaired) electrons. The maximum Gasteiger partial charge on any atom is 0.243 e. The fourth-order valence-electron chi connectivity index (χ4n) is 3.95. The van der Waals surface area contributed by atoms with Crippen molar-refractivity contribution < 1.29 is 17.9 Å². The molecule has 0 spiro atoms. The van der Waals surface area contributed by atoms with E-state index in [0.29, 0.717) is 60.5 Å². The first-order chi connectivity index (χ1) is 11.5. The van der Waals surface area contributed by atoms with Crippen molar-refractivity contribution in [3.8, 4) is 11.5 Å². The summed E-state index contributed by atoms with van der Waals surface area (Å²) in [6.45, 7) is 3.48. The van der Waals surface area contributed by atoms with Crippen LogP contribution in [0.15, 0.2) is 23.1 Å². The Labute approximate surface area is 143 Å². The lowest BCUT2D eigenvalue weighted by Gasteiger charge is -2.21. The van der Waals surface area contributed by atoms with Crippen molar-refractivity contribution in [2.45, 2.75) is 11.3 Å². The van der Waals surface area contributed by atoms with E-state index < -0.39 is 10.0 Å². The quantitative estimate of drug-likeness (QED) is 0.817. The fourth-order valence-corrected chi connectivity index (χ4v) is 5.48. The molecular formula is C17H24N2O4S. The molecule has 1 saturated heterocycles. The summed E-state index contributed by atoms with van der Waals surface area (Å²) in [7, 11) is 0.685. The third-order valence-corrected chi connectivity index (χ3v) is 7.10. The summed E-state index contributed by atoms with van der Waals surface area (Å²) in [6.07, 6.45) is 0.805. The Morgan fingerprint density at radius 1 is 1.12 bits per heavy atom. The summed E-state index contributed by atoms with van der Waals surface area (Å²) in [4.78, 5) is 2.49. The van der Waals surface area contributed by atoms with Gasteiger partial charge < -0.3 is 14.4 Å². The van der Waals surface area contributed by atoms with Crippen LogP contribution >= 0.6 is 0 Å². The first kappa shape index (κ1) is 16.2. The van der Waals surface area contributed by atoms with Crippen molar-refractivity contribution in [1.82, 2.24) is 9.21 Å². The maximum absolute atomic E-state index is 12.9. The van der Waals surface area contributed by atoms with Crippen LogP contribution in [0.3, 0.4) is 0 Å². The average molecular weight is 352 g/mol. The molecule has 24 heavy (non-hydrogen) atoms. The van der Waals surface area contributed by atoms with Crippen molar-refractivity contribution in [3.05, 3.63) is 18.2 Å². The normalized spacial score (nSPS) is 29.4. The van der Waals surface area contributed by atoms with Crippen molar-refractivity contribution >= 4 is 10.0 Å². The van der Waals surface area contributed by atoms with Crippen molar-refractivity contribution in [3.63, 3.8) is 0 Å². The minimum Gasteiger partial charge on any atom is -0.490 e. The van der Waals surface area contributed by atoms with Gasteiger partial charge in [0.2, 0.25) is 10.0 Å². The summed E-state index contributed by atoms with van der Waals surface area (Å²) in [5.41, 5.74) is 0. The summed E-state index contributed by atoms with van der Waals surface area (Å²) < 4.78 is 38.7. The van der Waals surface area contributed by atoms with Crippen LogP contribution in [-0.2, 0) is 10.0 Å². The van der Waals surface area contributed by atoms with E-state index in [1.807, 2.05) is 0 Å². The molecule has 0 N–H and O–H groups in total. The van der Waals surface area contributed by atoms with Crippen LogP contribution in [-0.4, -0.2) is 64.6 Å². The lowest BCUT2D eigenvalue weighted by Crippen LogP contribution is -2.33. The Bertz CT molecular complexity index is 722.